The Balaban J connectivity index is 0.000000232. The molecule has 262 valence electrons. The Morgan fingerprint density at radius 2 is 1.14 bits per heavy atom. The van der Waals surface area contributed by atoms with Crippen molar-refractivity contribution in [3.8, 4) is 0 Å². The number of nitrogens with zero attached hydrogens (tertiary/aromatic N) is 2. The number of carbonyl (C=O) groups is 3. The van der Waals surface area contributed by atoms with Crippen LogP contribution in [0.15, 0.2) is 84.9 Å². The molecule has 10 heteroatoms. The molecule has 1 aliphatic heterocycles. The first-order valence-corrected chi connectivity index (χ1v) is 17.6. The Morgan fingerprint density at radius 3 is 1.67 bits per heavy atom. The van der Waals surface area contributed by atoms with E-state index >= 15 is 0 Å². The van der Waals surface area contributed by atoms with Gasteiger partial charge in [0.25, 0.3) is 0 Å². The largest absolute Gasteiger partial charge is 0.459 e. The molecule has 9 nitrogen and oxygen atoms in total. The average molecular weight is 673 g/mol. The molecule has 2 saturated carbocycles. The summed E-state index contributed by atoms with van der Waals surface area (Å²) in [5.41, 5.74) is 7.26. The molecule has 0 bridgehead atoms. The number of nitrogens with one attached hydrogen (secondary N) is 1. The normalized spacial score (nSPS) is 18.3. The average Bonchev–Trinajstić information content (AvgIpc) is 3.15. The van der Waals surface area contributed by atoms with Gasteiger partial charge in [0, 0.05) is 31.9 Å². The molecular weight excluding hydrogens is 623 g/mol. The van der Waals surface area contributed by atoms with E-state index in [-0.39, 0.29) is 30.4 Å². The van der Waals surface area contributed by atoms with Crippen molar-refractivity contribution in [3.63, 3.8) is 0 Å². The summed E-state index contributed by atoms with van der Waals surface area (Å²) in [6.07, 6.45) is 8.75. The first kappa shape index (κ1) is 35.9. The second-order valence-corrected chi connectivity index (χ2v) is 13.4. The Morgan fingerprint density at radius 1 is 0.653 bits per heavy atom. The fraction of sp³-hybridized carbons (Fsp3) is 0.462. The van der Waals surface area contributed by atoms with Crippen molar-refractivity contribution in [1.29, 1.82) is 0 Å². The SMILES string of the molecule is NC1(C(=O)OCc2ccccc2)CCCCC1.O=C(NC1(C(=O)OCc2ccccc2)CCCCC1)N1CCN(c2ccc(F)cc2)CC1. The molecule has 3 aliphatic rings. The summed E-state index contributed by atoms with van der Waals surface area (Å²) in [7, 11) is 0. The van der Waals surface area contributed by atoms with E-state index in [1.165, 1.54) is 18.6 Å². The van der Waals surface area contributed by atoms with Crippen LogP contribution < -0.4 is 16.0 Å². The van der Waals surface area contributed by atoms with Gasteiger partial charge >= 0.3 is 18.0 Å². The highest BCUT2D eigenvalue weighted by molar-refractivity contribution is 5.87. The summed E-state index contributed by atoms with van der Waals surface area (Å²) in [4.78, 5) is 42.0. The molecule has 3 aromatic carbocycles. The van der Waals surface area contributed by atoms with E-state index in [0.29, 0.717) is 45.6 Å². The summed E-state index contributed by atoms with van der Waals surface area (Å²) >= 11 is 0. The summed E-state index contributed by atoms with van der Waals surface area (Å²) in [6, 6.07) is 25.4. The number of nitrogens with two attached hydrogens (primary N) is 1. The zero-order valence-electron chi connectivity index (χ0n) is 28.3. The van der Waals surface area contributed by atoms with Crippen LogP contribution in [0.4, 0.5) is 14.9 Å². The molecule has 6 rings (SSSR count). The van der Waals surface area contributed by atoms with Crippen molar-refractivity contribution in [3.05, 3.63) is 102 Å². The maximum atomic E-state index is 13.2. The number of urea groups is 1. The fourth-order valence-electron chi connectivity index (χ4n) is 6.75. The Bertz CT molecular complexity index is 1480. The number of benzene rings is 3. The number of anilines is 1. The Kier molecular flexibility index (Phi) is 12.6. The van der Waals surface area contributed by atoms with Gasteiger partial charge in [0.2, 0.25) is 0 Å². The second kappa shape index (κ2) is 17.3. The molecule has 0 aromatic heterocycles. The van der Waals surface area contributed by atoms with Gasteiger partial charge in [0.05, 0.1) is 0 Å². The number of piperazine rings is 1. The minimum Gasteiger partial charge on any atom is -0.459 e. The van der Waals surface area contributed by atoms with Crippen LogP contribution in [0.1, 0.15) is 75.3 Å². The quantitative estimate of drug-likeness (QED) is 0.263. The number of halogens is 1. The molecule has 1 saturated heterocycles. The van der Waals surface area contributed by atoms with Gasteiger partial charge in [-0.15, -0.1) is 0 Å². The number of hydrogen-bond acceptors (Lipinski definition) is 7. The first-order valence-electron chi connectivity index (χ1n) is 17.6. The maximum Gasteiger partial charge on any atom is 0.332 e. The van der Waals surface area contributed by atoms with Gasteiger partial charge in [-0.2, -0.15) is 0 Å². The molecule has 2 amide bonds. The van der Waals surface area contributed by atoms with Gasteiger partial charge in [-0.3, -0.25) is 4.79 Å². The number of esters is 2. The summed E-state index contributed by atoms with van der Waals surface area (Å²) in [6.45, 7) is 2.91. The highest BCUT2D eigenvalue weighted by Crippen LogP contribution is 2.31. The van der Waals surface area contributed by atoms with Crippen LogP contribution in [0.3, 0.4) is 0 Å². The third kappa shape index (κ3) is 10.0. The van der Waals surface area contributed by atoms with Crippen molar-refractivity contribution in [1.82, 2.24) is 10.2 Å². The van der Waals surface area contributed by atoms with Crippen LogP contribution in [-0.4, -0.2) is 60.1 Å². The van der Waals surface area contributed by atoms with E-state index in [0.717, 1.165) is 61.8 Å². The van der Waals surface area contributed by atoms with Crippen LogP contribution in [0.25, 0.3) is 0 Å². The topological polar surface area (TPSA) is 114 Å². The molecule has 3 fully saturated rings. The highest BCUT2D eigenvalue weighted by Gasteiger charge is 2.43. The van der Waals surface area contributed by atoms with Crippen LogP contribution in [0.5, 0.6) is 0 Å². The van der Waals surface area contributed by atoms with Gasteiger partial charge in [-0.25, -0.2) is 14.0 Å². The van der Waals surface area contributed by atoms with Gasteiger partial charge < -0.3 is 30.3 Å². The first-order chi connectivity index (χ1) is 23.8. The predicted octanol–water partition coefficient (Wildman–Crippen LogP) is 6.50. The lowest BCUT2D eigenvalue weighted by molar-refractivity contribution is -0.154. The minimum atomic E-state index is -0.960. The number of hydrogen-bond donors (Lipinski definition) is 2. The number of carbonyl (C=O) groups excluding carboxylic acids is 3. The van der Waals surface area contributed by atoms with E-state index in [1.54, 1.807) is 17.0 Å². The van der Waals surface area contributed by atoms with Crippen LogP contribution >= 0.6 is 0 Å². The summed E-state index contributed by atoms with van der Waals surface area (Å²) < 4.78 is 24.1. The van der Waals surface area contributed by atoms with E-state index in [9.17, 15) is 18.8 Å². The van der Waals surface area contributed by atoms with E-state index in [4.69, 9.17) is 15.2 Å². The summed E-state index contributed by atoms with van der Waals surface area (Å²) in [5, 5.41) is 3.04. The number of ether oxygens (including phenoxy) is 2. The van der Waals surface area contributed by atoms with Crippen molar-refractivity contribution < 1.29 is 28.2 Å². The molecule has 0 radical (unpaired) electrons. The Hall–Kier alpha value is -4.44. The smallest absolute Gasteiger partial charge is 0.332 e. The lowest BCUT2D eigenvalue weighted by Gasteiger charge is -2.40. The highest BCUT2D eigenvalue weighted by atomic mass is 19.1. The molecule has 0 spiro atoms. The number of amides is 2. The third-order valence-corrected chi connectivity index (χ3v) is 9.78. The van der Waals surface area contributed by atoms with Crippen molar-refractivity contribution in [2.24, 2.45) is 5.73 Å². The van der Waals surface area contributed by atoms with Gasteiger partial charge in [-0.1, -0.05) is 99.2 Å². The third-order valence-electron chi connectivity index (χ3n) is 9.78. The predicted molar refractivity (Wildman–Crippen MR) is 187 cm³/mol. The van der Waals surface area contributed by atoms with Gasteiger partial charge in [0.15, 0.2) is 0 Å². The maximum absolute atomic E-state index is 13.2. The van der Waals surface area contributed by atoms with Crippen molar-refractivity contribution >= 4 is 23.7 Å². The van der Waals surface area contributed by atoms with E-state index in [1.807, 2.05) is 60.7 Å². The summed E-state index contributed by atoms with van der Waals surface area (Å²) in [5.74, 6) is -0.857. The molecule has 3 N–H and O–H groups in total. The number of rotatable bonds is 8. The fourth-order valence-corrected chi connectivity index (χ4v) is 6.75. The van der Waals surface area contributed by atoms with Crippen LogP contribution in [0.2, 0.25) is 0 Å². The van der Waals surface area contributed by atoms with E-state index < -0.39 is 11.1 Å². The van der Waals surface area contributed by atoms with Crippen molar-refractivity contribution in [2.45, 2.75) is 88.5 Å². The lowest BCUT2D eigenvalue weighted by atomic mass is 9.81. The molecule has 0 atom stereocenters. The van der Waals surface area contributed by atoms with Crippen LogP contribution in [0, 0.1) is 5.82 Å². The molecule has 0 unspecified atom stereocenters. The van der Waals surface area contributed by atoms with Crippen LogP contribution in [-0.2, 0) is 32.3 Å². The standard InChI is InChI=1S/C25H30FN3O3.C14H19NO2/c26-21-9-11-22(12-10-21)28-15-17-29(18-16-28)24(31)27-25(13-5-2-6-14-25)23(30)32-19-20-7-3-1-4-8-20;15-14(9-5-2-6-10-14)13(16)17-11-12-7-3-1-4-8-12/h1,3-4,7-12H,2,5-6,13-19H2,(H,27,31);1,3-4,7-8H,2,5-6,9-11,15H2. The van der Waals surface area contributed by atoms with E-state index in [2.05, 4.69) is 10.2 Å². The zero-order valence-corrected chi connectivity index (χ0v) is 28.3. The molecular formula is C39H49FN4O5. The van der Waals surface area contributed by atoms with Crippen molar-refractivity contribution in [2.75, 3.05) is 31.1 Å². The molecule has 2 aliphatic carbocycles. The molecule has 49 heavy (non-hydrogen) atoms. The second-order valence-electron chi connectivity index (χ2n) is 13.4. The van der Waals surface area contributed by atoms with Gasteiger partial charge in [-0.05, 0) is 61.1 Å². The van der Waals surface area contributed by atoms with Gasteiger partial charge in [0.1, 0.15) is 30.1 Å². The minimum absolute atomic E-state index is 0.202. The Labute approximate surface area is 288 Å². The molecule has 1 heterocycles. The monoisotopic (exact) mass is 672 g/mol. The zero-order chi connectivity index (χ0) is 34.5. The molecule has 3 aromatic rings. The lowest BCUT2D eigenvalue weighted by Crippen LogP contribution is -2.61.